The lowest BCUT2D eigenvalue weighted by atomic mass is 10.2. The zero-order valence-electron chi connectivity index (χ0n) is 12.3. The fourth-order valence-corrected chi connectivity index (χ4v) is 2.38. The van der Waals surface area contributed by atoms with Gasteiger partial charge in [0.1, 0.15) is 18.4 Å². The van der Waals surface area contributed by atoms with Crippen LogP contribution >= 0.6 is 0 Å². The molecule has 1 amide bonds. The monoisotopic (exact) mass is 306 g/mol. The number of nitrogens with one attached hydrogen (secondary N) is 1. The van der Waals surface area contributed by atoms with E-state index in [0.717, 1.165) is 6.54 Å². The molecule has 118 valence electrons. The molecule has 0 spiro atoms. The summed E-state index contributed by atoms with van der Waals surface area (Å²) in [6, 6.07) is 1.69. The molecule has 0 saturated carbocycles. The van der Waals surface area contributed by atoms with E-state index in [1.165, 1.54) is 6.33 Å². The first-order valence-electron chi connectivity index (χ1n) is 7.08. The van der Waals surface area contributed by atoms with Crippen molar-refractivity contribution in [2.45, 2.75) is 19.6 Å². The Morgan fingerprint density at radius 1 is 1.55 bits per heavy atom. The number of hydrogen-bond acceptors (Lipinski definition) is 7. The number of carbonyl (C=O) groups is 1. The van der Waals surface area contributed by atoms with Gasteiger partial charge in [0, 0.05) is 19.2 Å². The van der Waals surface area contributed by atoms with Crippen LogP contribution in [-0.2, 0) is 16.1 Å². The van der Waals surface area contributed by atoms with Gasteiger partial charge in [0.05, 0.1) is 25.8 Å². The van der Waals surface area contributed by atoms with Crippen LogP contribution in [0.1, 0.15) is 5.76 Å². The highest BCUT2D eigenvalue weighted by atomic mass is 16.5. The molecule has 1 aliphatic heterocycles. The van der Waals surface area contributed by atoms with E-state index in [-0.39, 0.29) is 12.0 Å². The van der Waals surface area contributed by atoms with Gasteiger partial charge in [-0.3, -0.25) is 14.4 Å². The van der Waals surface area contributed by atoms with Crippen molar-refractivity contribution in [2.75, 3.05) is 31.6 Å². The summed E-state index contributed by atoms with van der Waals surface area (Å²) in [6.07, 6.45) is 3.15. The lowest BCUT2D eigenvalue weighted by Gasteiger charge is -2.32. The first-order chi connectivity index (χ1) is 10.7. The second-order valence-electron chi connectivity index (χ2n) is 5.22. The van der Waals surface area contributed by atoms with Crippen molar-refractivity contribution in [3.8, 4) is 0 Å². The van der Waals surface area contributed by atoms with Gasteiger partial charge in [-0.1, -0.05) is 5.16 Å². The van der Waals surface area contributed by atoms with Crippen molar-refractivity contribution in [1.29, 1.82) is 0 Å². The molecule has 9 heteroatoms. The quantitative estimate of drug-likeness (QED) is 0.824. The largest absolute Gasteiger partial charge is 0.374 e. The van der Waals surface area contributed by atoms with E-state index in [0.29, 0.717) is 37.8 Å². The third-order valence-electron chi connectivity index (χ3n) is 3.34. The molecule has 3 heterocycles. The van der Waals surface area contributed by atoms with Crippen molar-refractivity contribution in [2.24, 2.45) is 0 Å². The minimum atomic E-state index is -0.116. The first-order valence-corrected chi connectivity index (χ1v) is 7.08. The summed E-state index contributed by atoms with van der Waals surface area (Å²) in [5, 5.41) is 10.5. The second-order valence-corrected chi connectivity index (χ2v) is 5.22. The van der Waals surface area contributed by atoms with E-state index in [4.69, 9.17) is 9.26 Å². The maximum Gasteiger partial charge on any atom is 0.239 e. The number of amides is 1. The third kappa shape index (κ3) is 3.89. The smallest absolute Gasteiger partial charge is 0.239 e. The highest BCUT2D eigenvalue weighted by Crippen LogP contribution is 2.09. The molecule has 1 fully saturated rings. The second kappa shape index (κ2) is 6.67. The van der Waals surface area contributed by atoms with Gasteiger partial charge in [0.2, 0.25) is 5.91 Å². The summed E-state index contributed by atoms with van der Waals surface area (Å²) in [5.74, 6) is 0.985. The molecular weight excluding hydrogens is 288 g/mol. The Labute approximate surface area is 127 Å². The maximum absolute atomic E-state index is 12.0. The first kappa shape index (κ1) is 14.7. The minimum absolute atomic E-state index is 0.00227. The van der Waals surface area contributed by atoms with Crippen LogP contribution < -0.4 is 5.32 Å². The van der Waals surface area contributed by atoms with Gasteiger partial charge in [-0.15, -0.1) is 0 Å². The molecule has 3 rings (SSSR count). The molecule has 22 heavy (non-hydrogen) atoms. The number of aromatic nitrogens is 4. The van der Waals surface area contributed by atoms with Gasteiger partial charge in [0.25, 0.3) is 0 Å². The summed E-state index contributed by atoms with van der Waals surface area (Å²) >= 11 is 0. The van der Waals surface area contributed by atoms with Gasteiger partial charge in [-0.05, 0) is 6.92 Å². The SMILES string of the molecule is Cc1cc(NC(=O)CN2CCOC(Cn3cncn3)C2)no1. The lowest BCUT2D eigenvalue weighted by molar-refractivity contribution is -0.119. The van der Waals surface area contributed by atoms with Crippen molar-refractivity contribution in [3.05, 3.63) is 24.5 Å². The normalized spacial score (nSPS) is 19.2. The Kier molecular flexibility index (Phi) is 4.45. The molecule has 1 aliphatic rings. The van der Waals surface area contributed by atoms with Gasteiger partial charge in [-0.25, -0.2) is 4.98 Å². The number of rotatable bonds is 5. The average molecular weight is 306 g/mol. The molecular formula is C13H18N6O3. The van der Waals surface area contributed by atoms with Gasteiger partial charge >= 0.3 is 0 Å². The Morgan fingerprint density at radius 2 is 2.45 bits per heavy atom. The van der Waals surface area contributed by atoms with E-state index >= 15 is 0 Å². The van der Waals surface area contributed by atoms with Crippen LogP contribution in [0.5, 0.6) is 0 Å². The molecule has 0 aromatic carbocycles. The highest BCUT2D eigenvalue weighted by Gasteiger charge is 2.23. The molecule has 1 saturated heterocycles. The van der Waals surface area contributed by atoms with Gasteiger partial charge < -0.3 is 14.6 Å². The molecule has 2 aromatic rings. The summed E-state index contributed by atoms with van der Waals surface area (Å²) in [7, 11) is 0. The predicted molar refractivity (Wildman–Crippen MR) is 76.1 cm³/mol. The maximum atomic E-state index is 12.0. The van der Waals surface area contributed by atoms with Crippen LogP contribution in [0.15, 0.2) is 23.2 Å². The average Bonchev–Trinajstić information content (AvgIpc) is 3.11. The number of anilines is 1. The number of aryl methyl sites for hydroxylation is 1. The Balaban J connectivity index is 1.48. The molecule has 0 aliphatic carbocycles. The summed E-state index contributed by atoms with van der Waals surface area (Å²) in [5.41, 5.74) is 0. The number of nitrogens with zero attached hydrogens (tertiary/aromatic N) is 5. The summed E-state index contributed by atoms with van der Waals surface area (Å²) in [6.45, 7) is 4.68. The fourth-order valence-electron chi connectivity index (χ4n) is 2.38. The molecule has 1 unspecified atom stereocenters. The molecule has 2 aromatic heterocycles. The van der Waals surface area contributed by atoms with Crippen LogP contribution in [0.4, 0.5) is 5.82 Å². The van der Waals surface area contributed by atoms with Crippen LogP contribution in [0, 0.1) is 6.92 Å². The topological polar surface area (TPSA) is 98.3 Å². The zero-order valence-corrected chi connectivity index (χ0v) is 12.3. The van der Waals surface area contributed by atoms with E-state index in [9.17, 15) is 4.79 Å². The van der Waals surface area contributed by atoms with E-state index < -0.39 is 0 Å². The van der Waals surface area contributed by atoms with Crippen LogP contribution in [0.3, 0.4) is 0 Å². The van der Waals surface area contributed by atoms with E-state index in [2.05, 4.69) is 20.6 Å². The summed E-state index contributed by atoms with van der Waals surface area (Å²) < 4.78 is 12.3. The van der Waals surface area contributed by atoms with Crippen LogP contribution in [0.2, 0.25) is 0 Å². The number of ether oxygens (including phenoxy) is 1. The molecule has 0 radical (unpaired) electrons. The minimum Gasteiger partial charge on any atom is -0.374 e. The summed E-state index contributed by atoms with van der Waals surface area (Å²) in [4.78, 5) is 18.0. The zero-order chi connectivity index (χ0) is 15.4. The van der Waals surface area contributed by atoms with Gasteiger partial charge in [0.15, 0.2) is 5.82 Å². The Morgan fingerprint density at radius 3 is 3.18 bits per heavy atom. The van der Waals surface area contributed by atoms with Crippen molar-refractivity contribution in [1.82, 2.24) is 24.8 Å². The fraction of sp³-hybridized carbons (Fsp3) is 0.538. The molecule has 9 nitrogen and oxygen atoms in total. The molecule has 0 bridgehead atoms. The van der Waals surface area contributed by atoms with Crippen LogP contribution in [-0.4, -0.2) is 63.1 Å². The lowest BCUT2D eigenvalue weighted by Crippen LogP contribution is -2.47. The Hall–Kier alpha value is -2.26. The van der Waals surface area contributed by atoms with Crippen LogP contribution in [0.25, 0.3) is 0 Å². The Bertz CT molecular complexity index is 611. The van der Waals surface area contributed by atoms with E-state index in [1.54, 1.807) is 24.0 Å². The van der Waals surface area contributed by atoms with Gasteiger partial charge in [-0.2, -0.15) is 5.10 Å². The van der Waals surface area contributed by atoms with E-state index in [1.807, 2.05) is 4.90 Å². The van der Waals surface area contributed by atoms with Crippen molar-refractivity contribution < 1.29 is 14.1 Å². The molecule has 1 N–H and O–H groups in total. The van der Waals surface area contributed by atoms with Crippen molar-refractivity contribution in [3.63, 3.8) is 0 Å². The predicted octanol–water partition coefficient (Wildman–Crippen LogP) is -0.0860. The number of morpholine rings is 1. The standard InChI is InChI=1S/C13H18N6O3/c1-10-4-12(17-22-10)16-13(20)7-18-2-3-21-11(5-18)6-19-9-14-8-15-19/h4,8-9,11H,2-3,5-7H2,1H3,(H,16,17,20). The molecule has 1 atom stereocenters. The number of carbonyl (C=O) groups excluding carboxylic acids is 1. The third-order valence-corrected chi connectivity index (χ3v) is 3.34. The number of hydrogen-bond donors (Lipinski definition) is 1. The highest BCUT2D eigenvalue weighted by molar-refractivity contribution is 5.91. The van der Waals surface area contributed by atoms with Crippen molar-refractivity contribution >= 4 is 11.7 Å².